The first-order valence-electron chi connectivity index (χ1n) is 5.78. The molecule has 1 fully saturated rings. The second-order valence-corrected chi connectivity index (χ2v) is 5.30. The number of carboxylic acid groups (broad SMARTS) is 1. The van der Waals surface area contributed by atoms with Crippen LogP contribution in [0, 0.1) is 5.92 Å². The lowest BCUT2D eigenvalue weighted by Crippen LogP contribution is -2.36. The topological polar surface area (TPSA) is 82.2 Å². The minimum Gasteiger partial charge on any atom is -0.481 e. The van der Waals surface area contributed by atoms with Crippen LogP contribution in [0.5, 0.6) is 0 Å². The Morgan fingerprint density at radius 1 is 1.59 bits per heavy atom. The van der Waals surface area contributed by atoms with Gasteiger partial charge >= 0.3 is 10.8 Å². The number of nitrogens with one attached hydrogen (secondary N) is 2. The summed E-state index contributed by atoms with van der Waals surface area (Å²) in [6.45, 7) is 0.607. The lowest BCUT2D eigenvalue weighted by molar-refractivity contribution is -0.143. The van der Waals surface area contributed by atoms with Crippen LogP contribution in [0.1, 0.15) is 31.4 Å². The molecule has 0 radical (unpaired) electrons. The molecular weight excluding hydrogens is 240 g/mol. The van der Waals surface area contributed by atoms with Gasteiger partial charge in [0, 0.05) is 23.7 Å². The molecule has 1 saturated carbocycles. The van der Waals surface area contributed by atoms with Crippen LogP contribution in [0.25, 0.3) is 0 Å². The average Bonchev–Trinajstić information content (AvgIpc) is 2.73. The lowest BCUT2D eigenvalue weighted by atomic mass is 9.86. The van der Waals surface area contributed by atoms with E-state index in [9.17, 15) is 9.59 Å². The van der Waals surface area contributed by atoms with Crippen molar-refractivity contribution in [1.29, 1.82) is 0 Å². The van der Waals surface area contributed by atoms with Gasteiger partial charge in [-0.2, -0.15) is 0 Å². The van der Waals surface area contributed by atoms with Gasteiger partial charge in [0.2, 0.25) is 0 Å². The minimum absolute atomic E-state index is 0.0474. The third-order valence-electron chi connectivity index (χ3n) is 3.18. The molecule has 0 bridgehead atoms. The zero-order valence-electron chi connectivity index (χ0n) is 9.44. The number of carboxylic acids is 1. The summed E-state index contributed by atoms with van der Waals surface area (Å²) in [7, 11) is 0. The van der Waals surface area contributed by atoms with Gasteiger partial charge in [0.15, 0.2) is 0 Å². The van der Waals surface area contributed by atoms with Crippen LogP contribution in [-0.4, -0.2) is 22.1 Å². The number of rotatable bonds is 4. The van der Waals surface area contributed by atoms with Gasteiger partial charge in [-0.3, -0.25) is 9.59 Å². The second-order valence-electron chi connectivity index (χ2n) is 4.45. The van der Waals surface area contributed by atoms with E-state index in [4.69, 9.17) is 5.11 Å². The molecule has 0 spiro atoms. The number of aromatic nitrogens is 1. The van der Waals surface area contributed by atoms with Crippen molar-refractivity contribution >= 4 is 17.3 Å². The number of aliphatic carboxylic acids is 1. The van der Waals surface area contributed by atoms with Gasteiger partial charge in [-0.05, 0) is 19.3 Å². The molecular formula is C11H16N2O3S. The van der Waals surface area contributed by atoms with Crippen molar-refractivity contribution < 1.29 is 9.90 Å². The van der Waals surface area contributed by atoms with Gasteiger partial charge < -0.3 is 15.4 Å². The Balaban J connectivity index is 1.83. The van der Waals surface area contributed by atoms with Gasteiger partial charge in [-0.15, -0.1) is 0 Å². The smallest absolute Gasteiger partial charge is 0.306 e. The van der Waals surface area contributed by atoms with Gasteiger partial charge in [0.25, 0.3) is 0 Å². The fourth-order valence-electron chi connectivity index (χ4n) is 2.25. The number of thiazole rings is 1. The molecule has 0 aliphatic heterocycles. The second kappa shape index (κ2) is 5.46. The van der Waals surface area contributed by atoms with Crippen LogP contribution in [0.4, 0.5) is 0 Å². The third-order valence-corrected chi connectivity index (χ3v) is 3.89. The van der Waals surface area contributed by atoms with Crippen molar-refractivity contribution in [2.75, 3.05) is 0 Å². The van der Waals surface area contributed by atoms with Crippen molar-refractivity contribution in [2.45, 2.75) is 38.3 Å². The Morgan fingerprint density at radius 3 is 3.06 bits per heavy atom. The van der Waals surface area contributed by atoms with Crippen LogP contribution in [0.2, 0.25) is 0 Å². The van der Waals surface area contributed by atoms with Crippen molar-refractivity contribution in [3.05, 3.63) is 20.7 Å². The largest absolute Gasteiger partial charge is 0.481 e. The van der Waals surface area contributed by atoms with Crippen molar-refractivity contribution in [1.82, 2.24) is 10.3 Å². The van der Waals surface area contributed by atoms with E-state index in [0.29, 0.717) is 13.0 Å². The first-order valence-corrected chi connectivity index (χ1v) is 6.66. The van der Waals surface area contributed by atoms with E-state index in [1.165, 1.54) is 0 Å². The molecule has 2 rings (SSSR count). The van der Waals surface area contributed by atoms with Crippen molar-refractivity contribution in [3.63, 3.8) is 0 Å². The molecule has 0 aromatic carbocycles. The van der Waals surface area contributed by atoms with Gasteiger partial charge in [-0.25, -0.2) is 0 Å². The Hall–Kier alpha value is -1.14. The normalized spacial score (nSPS) is 24.7. The number of aromatic amines is 1. The van der Waals surface area contributed by atoms with E-state index in [0.717, 1.165) is 36.3 Å². The number of carbonyl (C=O) groups is 1. The Labute approximate surface area is 103 Å². The van der Waals surface area contributed by atoms with Crippen LogP contribution < -0.4 is 10.2 Å². The molecule has 1 heterocycles. The number of hydrogen-bond acceptors (Lipinski definition) is 4. The van der Waals surface area contributed by atoms with E-state index in [1.54, 1.807) is 5.38 Å². The summed E-state index contributed by atoms with van der Waals surface area (Å²) in [6.07, 6.45) is 3.43. The van der Waals surface area contributed by atoms with E-state index in [-0.39, 0.29) is 16.8 Å². The summed E-state index contributed by atoms with van der Waals surface area (Å²) in [4.78, 5) is 24.5. The fourth-order valence-corrected chi connectivity index (χ4v) is 2.84. The maximum Gasteiger partial charge on any atom is 0.306 e. The van der Waals surface area contributed by atoms with Gasteiger partial charge in [0.05, 0.1) is 5.92 Å². The highest BCUT2D eigenvalue weighted by molar-refractivity contribution is 7.07. The predicted octanol–water partition coefficient (Wildman–Crippen LogP) is 1.17. The molecule has 0 saturated heterocycles. The van der Waals surface area contributed by atoms with E-state index in [1.807, 2.05) is 0 Å². The Bertz CT molecular complexity index is 440. The zero-order valence-corrected chi connectivity index (χ0v) is 10.3. The molecule has 1 aliphatic carbocycles. The molecule has 94 valence electrons. The van der Waals surface area contributed by atoms with E-state index < -0.39 is 5.97 Å². The van der Waals surface area contributed by atoms with Crippen molar-refractivity contribution in [2.24, 2.45) is 5.92 Å². The SMILES string of the molecule is O=C(O)C1CCCC(NCc2csc(=O)[nH]2)C1. The molecule has 1 aromatic rings. The predicted molar refractivity (Wildman–Crippen MR) is 65.2 cm³/mol. The molecule has 0 amide bonds. The van der Waals surface area contributed by atoms with Crippen LogP contribution in [0.15, 0.2) is 10.2 Å². The average molecular weight is 256 g/mol. The molecule has 6 heteroatoms. The highest BCUT2D eigenvalue weighted by atomic mass is 32.1. The zero-order chi connectivity index (χ0) is 12.3. The molecule has 3 N–H and O–H groups in total. The summed E-state index contributed by atoms with van der Waals surface area (Å²) >= 11 is 1.15. The lowest BCUT2D eigenvalue weighted by Gasteiger charge is -2.27. The molecule has 17 heavy (non-hydrogen) atoms. The highest BCUT2D eigenvalue weighted by Gasteiger charge is 2.26. The maximum absolute atomic E-state index is 10.9. The first kappa shape index (κ1) is 12.3. The maximum atomic E-state index is 10.9. The Kier molecular flexibility index (Phi) is 3.96. The summed E-state index contributed by atoms with van der Waals surface area (Å²) < 4.78 is 0. The van der Waals surface area contributed by atoms with Gasteiger partial charge in [0.1, 0.15) is 0 Å². The monoisotopic (exact) mass is 256 g/mol. The molecule has 1 aliphatic rings. The minimum atomic E-state index is -0.694. The van der Waals surface area contributed by atoms with Crippen LogP contribution in [0.3, 0.4) is 0 Å². The number of hydrogen-bond donors (Lipinski definition) is 3. The number of H-pyrrole nitrogens is 1. The summed E-state index contributed by atoms with van der Waals surface area (Å²) in [5.74, 6) is -0.914. The highest BCUT2D eigenvalue weighted by Crippen LogP contribution is 2.24. The molecule has 2 atom stereocenters. The van der Waals surface area contributed by atoms with E-state index >= 15 is 0 Å². The third kappa shape index (κ3) is 3.41. The quantitative estimate of drug-likeness (QED) is 0.755. The fraction of sp³-hybridized carbons (Fsp3) is 0.636. The molecule has 2 unspecified atom stereocenters. The van der Waals surface area contributed by atoms with Crippen molar-refractivity contribution in [3.8, 4) is 0 Å². The van der Waals surface area contributed by atoms with Crippen LogP contribution >= 0.6 is 11.3 Å². The summed E-state index contributed by atoms with van der Waals surface area (Å²) in [5.41, 5.74) is 0.873. The summed E-state index contributed by atoms with van der Waals surface area (Å²) in [5, 5.41) is 14.1. The standard InChI is InChI=1S/C11H16N2O3S/c14-10(15)7-2-1-3-8(4-7)12-5-9-6-17-11(16)13-9/h6-8,12H,1-5H2,(H,13,16)(H,14,15). The molecule has 5 nitrogen and oxygen atoms in total. The van der Waals surface area contributed by atoms with Crippen LogP contribution in [-0.2, 0) is 11.3 Å². The first-order chi connectivity index (χ1) is 8.15. The van der Waals surface area contributed by atoms with Gasteiger partial charge in [-0.1, -0.05) is 17.8 Å². The molecule has 1 aromatic heterocycles. The summed E-state index contributed by atoms with van der Waals surface area (Å²) in [6, 6.07) is 0.244. The Morgan fingerprint density at radius 2 is 2.41 bits per heavy atom. The van der Waals surface area contributed by atoms with E-state index in [2.05, 4.69) is 10.3 Å².